The first-order valence-electron chi connectivity index (χ1n) is 3.11. The lowest BCUT2D eigenvalue weighted by molar-refractivity contribution is -0.110. The van der Waals surface area contributed by atoms with Crippen LogP contribution in [0.2, 0.25) is 0 Å². The third-order valence-corrected chi connectivity index (χ3v) is 0.964. The Labute approximate surface area is 68.2 Å². The van der Waals surface area contributed by atoms with Crippen LogP contribution in [0, 0.1) is 0 Å². The van der Waals surface area contributed by atoms with E-state index in [-0.39, 0.29) is 0 Å². The normalized spacial score (nSPS) is 10.1. The number of aromatic nitrogens is 1. The van der Waals surface area contributed by atoms with Gasteiger partial charge in [-0.1, -0.05) is 10.3 Å². The molecule has 1 amide bonds. The lowest BCUT2D eigenvalue weighted by atomic mass is 10.6. The predicted molar refractivity (Wildman–Crippen MR) is 40.6 cm³/mol. The lowest BCUT2D eigenvalue weighted by Gasteiger charge is -1.92. The van der Waals surface area contributed by atoms with Gasteiger partial charge in [-0.15, -0.1) is 0 Å². The number of carbonyl (C=O) groups is 1. The molecular formula is C6H7N3O3. The Morgan fingerprint density at radius 2 is 2.75 bits per heavy atom. The van der Waals surface area contributed by atoms with Gasteiger partial charge in [-0.3, -0.25) is 4.79 Å². The van der Waals surface area contributed by atoms with Gasteiger partial charge in [0.05, 0.1) is 0 Å². The molecule has 0 spiro atoms. The maximum absolute atomic E-state index is 10.8. The first kappa shape index (κ1) is 8.25. The Balaban J connectivity index is 2.42. The molecule has 0 bridgehead atoms. The minimum absolute atomic E-state index is 0.336. The molecule has 0 saturated carbocycles. The highest BCUT2D eigenvalue weighted by Crippen LogP contribution is 1.99. The fraction of sp³-hybridized carbons (Fsp3) is 0.167. The van der Waals surface area contributed by atoms with Crippen molar-refractivity contribution in [2.45, 2.75) is 0 Å². The summed E-state index contributed by atoms with van der Waals surface area (Å²) in [5.74, 6) is -0.0895. The third kappa shape index (κ3) is 2.41. The third-order valence-electron chi connectivity index (χ3n) is 0.964. The highest BCUT2D eigenvalue weighted by atomic mass is 16.6. The van der Waals surface area contributed by atoms with E-state index in [0.717, 1.165) is 6.21 Å². The number of rotatable bonds is 3. The van der Waals surface area contributed by atoms with Gasteiger partial charge in [0.2, 0.25) is 0 Å². The van der Waals surface area contributed by atoms with Crippen molar-refractivity contribution in [2.24, 2.45) is 5.16 Å². The molecule has 0 radical (unpaired) electrons. The summed E-state index contributed by atoms with van der Waals surface area (Å²) >= 11 is 0. The molecule has 0 fully saturated rings. The molecule has 12 heavy (non-hydrogen) atoms. The second-order valence-electron chi connectivity index (χ2n) is 1.79. The topological polar surface area (TPSA) is 76.7 Å². The van der Waals surface area contributed by atoms with Crippen molar-refractivity contribution < 1.29 is 14.2 Å². The Morgan fingerprint density at radius 3 is 3.33 bits per heavy atom. The van der Waals surface area contributed by atoms with Crippen molar-refractivity contribution in [1.82, 2.24) is 5.16 Å². The van der Waals surface area contributed by atoms with Crippen LogP contribution >= 0.6 is 0 Å². The number of hydrogen-bond donors (Lipinski definition) is 1. The van der Waals surface area contributed by atoms with Gasteiger partial charge in [0.25, 0.3) is 5.91 Å². The maximum atomic E-state index is 10.8. The van der Waals surface area contributed by atoms with Crippen LogP contribution in [0.5, 0.6) is 0 Å². The summed E-state index contributed by atoms with van der Waals surface area (Å²) in [5, 5.41) is 9.10. The highest BCUT2D eigenvalue weighted by molar-refractivity contribution is 6.31. The van der Waals surface area contributed by atoms with Crippen molar-refractivity contribution in [3.8, 4) is 0 Å². The first-order valence-corrected chi connectivity index (χ1v) is 3.11. The van der Waals surface area contributed by atoms with Gasteiger partial charge < -0.3 is 14.7 Å². The van der Waals surface area contributed by atoms with Crippen LogP contribution in [-0.4, -0.2) is 24.4 Å². The van der Waals surface area contributed by atoms with Crippen LogP contribution in [0.1, 0.15) is 0 Å². The first-order chi connectivity index (χ1) is 5.83. The number of oxime groups is 1. The van der Waals surface area contributed by atoms with Gasteiger partial charge in [-0.05, 0) is 0 Å². The molecule has 1 aromatic rings. The van der Waals surface area contributed by atoms with Crippen LogP contribution in [0.25, 0.3) is 0 Å². The van der Waals surface area contributed by atoms with E-state index in [1.54, 1.807) is 0 Å². The fourth-order valence-corrected chi connectivity index (χ4v) is 0.536. The number of anilines is 1. The molecule has 0 atom stereocenters. The summed E-state index contributed by atoms with van der Waals surface area (Å²) < 4.78 is 4.48. The van der Waals surface area contributed by atoms with Crippen LogP contribution in [0.3, 0.4) is 0 Å². The molecule has 1 N–H and O–H groups in total. The average Bonchev–Trinajstić information content (AvgIpc) is 2.53. The SMILES string of the molecule is CO/N=C/C(=O)Nc1ccon1. The van der Waals surface area contributed by atoms with E-state index in [1.807, 2.05) is 0 Å². The van der Waals surface area contributed by atoms with Crippen molar-refractivity contribution in [2.75, 3.05) is 12.4 Å². The molecule has 1 heterocycles. The summed E-state index contributed by atoms with van der Waals surface area (Å²) in [5.41, 5.74) is 0. The van der Waals surface area contributed by atoms with Crippen molar-refractivity contribution >= 4 is 17.9 Å². The average molecular weight is 169 g/mol. The van der Waals surface area contributed by atoms with E-state index in [0.29, 0.717) is 5.82 Å². The second-order valence-corrected chi connectivity index (χ2v) is 1.79. The summed E-state index contributed by atoms with van der Waals surface area (Å²) in [6.45, 7) is 0. The van der Waals surface area contributed by atoms with Crippen molar-refractivity contribution in [3.05, 3.63) is 12.3 Å². The fourth-order valence-electron chi connectivity index (χ4n) is 0.536. The molecule has 1 rings (SSSR count). The van der Waals surface area contributed by atoms with Gasteiger partial charge in [0.15, 0.2) is 5.82 Å². The zero-order valence-electron chi connectivity index (χ0n) is 6.35. The Bertz CT molecular complexity index is 268. The highest BCUT2D eigenvalue weighted by Gasteiger charge is 1.99. The van der Waals surface area contributed by atoms with Crippen LogP contribution in [0.15, 0.2) is 22.0 Å². The lowest BCUT2D eigenvalue weighted by Crippen LogP contribution is -2.12. The number of amides is 1. The van der Waals surface area contributed by atoms with E-state index < -0.39 is 5.91 Å². The predicted octanol–water partition coefficient (Wildman–Crippen LogP) is 0.245. The van der Waals surface area contributed by atoms with Crippen molar-refractivity contribution in [3.63, 3.8) is 0 Å². The molecule has 0 saturated heterocycles. The largest absolute Gasteiger partial charge is 0.399 e. The summed E-state index contributed by atoms with van der Waals surface area (Å²) in [6.07, 6.45) is 2.34. The van der Waals surface area contributed by atoms with Crippen LogP contribution < -0.4 is 5.32 Å². The van der Waals surface area contributed by atoms with E-state index in [9.17, 15) is 4.79 Å². The van der Waals surface area contributed by atoms with Gasteiger partial charge in [0.1, 0.15) is 19.6 Å². The molecule has 0 aromatic carbocycles. The van der Waals surface area contributed by atoms with E-state index in [2.05, 4.69) is 25.0 Å². The van der Waals surface area contributed by atoms with Gasteiger partial charge in [-0.25, -0.2) is 0 Å². The smallest absolute Gasteiger partial charge is 0.271 e. The summed E-state index contributed by atoms with van der Waals surface area (Å²) in [4.78, 5) is 15.1. The molecule has 64 valence electrons. The number of nitrogens with one attached hydrogen (secondary N) is 1. The zero-order valence-corrected chi connectivity index (χ0v) is 6.35. The Morgan fingerprint density at radius 1 is 1.92 bits per heavy atom. The minimum Gasteiger partial charge on any atom is -0.399 e. The van der Waals surface area contributed by atoms with E-state index >= 15 is 0 Å². The molecule has 0 aliphatic rings. The Kier molecular flexibility index (Phi) is 2.83. The standard InChI is InChI=1S/C6H7N3O3/c1-11-7-4-6(10)8-5-2-3-12-9-5/h2-4H,1H3,(H,8,9,10)/b7-4+. The Hall–Kier alpha value is -1.85. The summed E-state index contributed by atoms with van der Waals surface area (Å²) in [6, 6.07) is 1.51. The van der Waals surface area contributed by atoms with E-state index in [4.69, 9.17) is 0 Å². The van der Waals surface area contributed by atoms with Crippen LogP contribution in [0.4, 0.5) is 5.82 Å². The van der Waals surface area contributed by atoms with Crippen LogP contribution in [-0.2, 0) is 9.63 Å². The summed E-state index contributed by atoms with van der Waals surface area (Å²) in [7, 11) is 1.35. The van der Waals surface area contributed by atoms with Gasteiger partial charge >= 0.3 is 0 Å². The van der Waals surface area contributed by atoms with Gasteiger partial charge in [-0.2, -0.15) is 0 Å². The molecule has 0 aliphatic heterocycles. The zero-order chi connectivity index (χ0) is 8.81. The molecule has 6 heteroatoms. The monoisotopic (exact) mass is 169 g/mol. The number of carbonyl (C=O) groups excluding carboxylic acids is 1. The van der Waals surface area contributed by atoms with Crippen molar-refractivity contribution in [1.29, 1.82) is 0 Å². The number of nitrogens with zero attached hydrogens (tertiary/aromatic N) is 2. The van der Waals surface area contributed by atoms with Gasteiger partial charge in [0, 0.05) is 6.07 Å². The molecule has 6 nitrogen and oxygen atoms in total. The molecular weight excluding hydrogens is 162 g/mol. The molecule has 1 aromatic heterocycles. The second kappa shape index (κ2) is 4.12. The quantitative estimate of drug-likeness (QED) is 0.519. The molecule has 0 unspecified atom stereocenters. The van der Waals surface area contributed by atoms with E-state index in [1.165, 1.54) is 19.4 Å². The maximum Gasteiger partial charge on any atom is 0.271 e. The number of hydrogen-bond acceptors (Lipinski definition) is 5. The molecule has 0 aliphatic carbocycles. The minimum atomic E-state index is -0.425.